The van der Waals surface area contributed by atoms with Gasteiger partial charge in [-0.2, -0.15) is 4.31 Å². The van der Waals surface area contributed by atoms with Gasteiger partial charge in [0.05, 0.1) is 17.7 Å². The van der Waals surface area contributed by atoms with E-state index >= 15 is 0 Å². The molecule has 0 radical (unpaired) electrons. The summed E-state index contributed by atoms with van der Waals surface area (Å²) < 4.78 is 34.1. The monoisotopic (exact) mass is 440 g/mol. The molecule has 0 atom stereocenters. The predicted octanol–water partition coefficient (Wildman–Crippen LogP) is 3.01. The highest BCUT2D eigenvalue weighted by Gasteiger charge is 2.30. The normalized spacial score (nSPS) is 15.3. The molecule has 164 valence electrons. The van der Waals surface area contributed by atoms with E-state index in [1.54, 1.807) is 23.5 Å². The summed E-state index contributed by atoms with van der Waals surface area (Å²) in [5, 5.41) is 1.67. The Kier molecular flexibility index (Phi) is 5.68. The van der Waals surface area contributed by atoms with Crippen LogP contribution in [-0.2, 0) is 10.0 Å². The second kappa shape index (κ2) is 8.28. The number of nitrogens with two attached hydrogens (primary N) is 1. The molecule has 4 rings (SSSR count). The zero-order chi connectivity index (χ0) is 22.2. The number of benzene rings is 3. The van der Waals surface area contributed by atoms with Gasteiger partial charge in [-0.3, -0.25) is 0 Å². The zero-order valence-corrected chi connectivity index (χ0v) is 18.9. The molecule has 0 aromatic heterocycles. The largest absolute Gasteiger partial charge is 0.495 e. The van der Waals surface area contributed by atoms with Crippen LogP contribution in [0.1, 0.15) is 0 Å². The Balaban J connectivity index is 1.62. The molecule has 1 aliphatic heterocycles. The number of anilines is 3. The van der Waals surface area contributed by atoms with Crippen molar-refractivity contribution in [3.63, 3.8) is 0 Å². The number of fused-ring (bicyclic) bond motifs is 1. The Morgan fingerprint density at radius 1 is 0.935 bits per heavy atom. The quantitative estimate of drug-likeness (QED) is 0.615. The van der Waals surface area contributed by atoms with Crippen LogP contribution in [-0.4, -0.2) is 60.1 Å². The minimum absolute atomic E-state index is 0.351. The lowest BCUT2D eigenvalue weighted by Gasteiger charge is -2.36. The minimum atomic E-state index is -3.63. The van der Waals surface area contributed by atoms with E-state index in [9.17, 15) is 8.42 Å². The molecular weight excluding hydrogens is 412 g/mol. The molecule has 31 heavy (non-hydrogen) atoms. The third-order valence-electron chi connectivity index (χ3n) is 5.74. The van der Waals surface area contributed by atoms with E-state index in [2.05, 4.69) is 4.90 Å². The molecule has 1 fully saturated rings. The smallest absolute Gasteiger partial charge is 0.243 e. The van der Waals surface area contributed by atoms with E-state index in [0.717, 1.165) is 27.9 Å². The first-order valence-corrected chi connectivity index (χ1v) is 11.6. The number of nitrogens with zero attached hydrogens (tertiary/aromatic N) is 3. The number of ether oxygens (including phenoxy) is 1. The average molecular weight is 441 g/mol. The summed E-state index contributed by atoms with van der Waals surface area (Å²) in [6, 6.07) is 16.8. The van der Waals surface area contributed by atoms with E-state index in [1.807, 2.05) is 61.5 Å². The first-order valence-electron chi connectivity index (χ1n) is 10.2. The third kappa shape index (κ3) is 3.88. The Morgan fingerprint density at radius 3 is 2.29 bits per heavy atom. The van der Waals surface area contributed by atoms with Gasteiger partial charge in [-0.05, 0) is 30.3 Å². The summed E-state index contributed by atoms with van der Waals surface area (Å²) in [7, 11) is 1.91. The van der Waals surface area contributed by atoms with Gasteiger partial charge in [-0.15, -0.1) is 0 Å². The maximum atomic E-state index is 13.6. The van der Waals surface area contributed by atoms with Crippen molar-refractivity contribution in [2.24, 2.45) is 0 Å². The zero-order valence-electron chi connectivity index (χ0n) is 18.1. The second-order valence-electron chi connectivity index (χ2n) is 7.85. The number of hydrogen-bond acceptors (Lipinski definition) is 6. The first-order chi connectivity index (χ1) is 14.8. The van der Waals surface area contributed by atoms with Gasteiger partial charge in [-0.1, -0.05) is 24.3 Å². The fourth-order valence-corrected chi connectivity index (χ4v) is 5.77. The highest BCUT2D eigenvalue weighted by atomic mass is 32.2. The van der Waals surface area contributed by atoms with Crippen LogP contribution in [0.25, 0.3) is 10.8 Å². The summed E-state index contributed by atoms with van der Waals surface area (Å²) >= 11 is 0. The highest BCUT2D eigenvalue weighted by Crippen LogP contribution is 2.34. The Morgan fingerprint density at radius 2 is 1.61 bits per heavy atom. The van der Waals surface area contributed by atoms with Gasteiger partial charge in [0.2, 0.25) is 10.0 Å². The van der Waals surface area contributed by atoms with Crippen LogP contribution in [0.5, 0.6) is 5.75 Å². The second-order valence-corrected chi connectivity index (χ2v) is 9.75. The number of piperazine rings is 1. The summed E-state index contributed by atoms with van der Waals surface area (Å²) in [5.41, 5.74) is 8.49. The van der Waals surface area contributed by atoms with Crippen LogP contribution in [0.4, 0.5) is 17.1 Å². The summed E-state index contributed by atoms with van der Waals surface area (Å²) in [6.45, 7) is 1.91. The molecule has 3 aromatic rings. The number of methoxy groups -OCH3 is 1. The molecule has 7 nitrogen and oxygen atoms in total. The van der Waals surface area contributed by atoms with Crippen molar-refractivity contribution in [2.75, 3.05) is 62.9 Å². The molecule has 0 amide bonds. The van der Waals surface area contributed by atoms with Gasteiger partial charge in [0.15, 0.2) is 0 Å². The van der Waals surface area contributed by atoms with Crippen molar-refractivity contribution >= 4 is 37.9 Å². The third-order valence-corrected chi connectivity index (χ3v) is 7.70. The van der Waals surface area contributed by atoms with Crippen LogP contribution < -0.4 is 20.3 Å². The lowest BCUT2D eigenvalue weighted by atomic mass is 10.1. The number of sulfonamides is 1. The molecule has 0 bridgehead atoms. The lowest BCUT2D eigenvalue weighted by molar-refractivity contribution is 0.378. The van der Waals surface area contributed by atoms with Crippen molar-refractivity contribution in [3.05, 3.63) is 54.6 Å². The van der Waals surface area contributed by atoms with Gasteiger partial charge < -0.3 is 20.3 Å². The van der Waals surface area contributed by atoms with Crippen molar-refractivity contribution in [3.8, 4) is 5.75 Å². The van der Waals surface area contributed by atoms with Gasteiger partial charge in [0, 0.05) is 62.4 Å². The van der Waals surface area contributed by atoms with Crippen molar-refractivity contribution < 1.29 is 13.2 Å². The molecule has 0 aliphatic carbocycles. The average Bonchev–Trinajstić information content (AvgIpc) is 2.78. The van der Waals surface area contributed by atoms with Gasteiger partial charge in [0.25, 0.3) is 0 Å². The molecule has 8 heteroatoms. The molecule has 0 spiro atoms. The first kappa shape index (κ1) is 21.3. The van der Waals surface area contributed by atoms with Crippen molar-refractivity contribution in [1.82, 2.24) is 4.31 Å². The number of rotatable bonds is 5. The summed E-state index contributed by atoms with van der Waals surface area (Å²) in [6.07, 6.45) is 0. The summed E-state index contributed by atoms with van der Waals surface area (Å²) in [5.74, 6) is 0.732. The summed E-state index contributed by atoms with van der Waals surface area (Å²) in [4.78, 5) is 4.47. The van der Waals surface area contributed by atoms with E-state index < -0.39 is 10.0 Å². The molecule has 2 N–H and O–H groups in total. The molecule has 0 saturated carbocycles. The maximum absolute atomic E-state index is 13.6. The topological polar surface area (TPSA) is 79.1 Å². The van der Waals surface area contributed by atoms with Crippen molar-refractivity contribution in [1.29, 1.82) is 0 Å². The SMILES string of the molecule is COc1ccc(N)cc1N1CCN(S(=O)(=O)c2cccc3c(N(C)C)cccc23)CC1. The standard InChI is InChI=1S/C23H28N4O3S/c1-25(2)20-8-4-7-19-18(20)6-5-9-23(19)31(28,29)27-14-12-26(13-15-27)21-16-17(24)10-11-22(21)30-3/h4-11,16H,12-15,24H2,1-3H3. The van der Waals surface area contributed by atoms with Crippen LogP contribution in [0.3, 0.4) is 0 Å². The van der Waals surface area contributed by atoms with Crippen LogP contribution in [0.15, 0.2) is 59.5 Å². The van der Waals surface area contributed by atoms with Crippen LogP contribution in [0.2, 0.25) is 0 Å². The number of nitrogen functional groups attached to an aromatic ring is 1. The minimum Gasteiger partial charge on any atom is -0.495 e. The molecule has 1 aliphatic rings. The molecular formula is C23H28N4O3S. The van der Waals surface area contributed by atoms with Crippen LogP contribution >= 0.6 is 0 Å². The molecule has 1 heterocycles. The van der Waals surface area contributed by atoms with E-state index in [0.29, 0.717) is 36.8 Å². The Bertz CT molecular complexity index is 1200. The molecule has 1 saturated heterocycles. The fraction of sp³-hybridized carbons (Fsp3) is 0.304. The molecule has 0 unspecified atom stereocenters. The Hall–Kier alpha value is -2.97. The highest BCUT2D eigenvalue weighted by molar-refractivity contribution is 7.89. The fourth-order valence-electron chi connectivity index (χ4n) is 4.14. The maximum Gasteiger partial charge on any atom is 0.243 e. The van der Waals surface area contributed by atoms with Crippen LogP contribution in [0, 0.1) is 0 Å². The Labute approximate surface area is 183 Å². The van der Waals surface area contributed by atoms with E-state index in [4.69, 9.17) is 10.5 Å². The number of hydrogen-bond donors (Lipinski definition) is 1. The van der Waals surface area contributed by atoms with Gasteiger partial charge in [-0.25, -0.2) is 8.42 Å². The van der Waals surface area contributed by atoms with Gasteiger partial charge in [0.1, 0.15) is 5.75 Å². The lowest BCUT2D eigenvalue weighted by Crippen LogP contribution is -2.48. The molecule has 3 aromatic carbocycles. The van der Waals surface area contributed by atoms with E-state index in [1.165, 1.54) is 0 Å². The van der Waals surface area contributed by atoms with Gasteiger partial charge >= 0.3 is 0 Å². The predicted molar refractivity (Wildman–Crippen MR) is 127 cm³/mol. The van der Waals surface area contributed by atoms with Crippen molar-refractivity contribution in [2.45, 2.75) is 4.90 Å². The van der Waals surface area contributed by atoms with E-state index in [-0.39, 0.29) is 0 Å².